The van der Waals surface area contributed by atoms with Gasteiger partial charge in [0.15, 0.2) is 5.13 Å². The number of nitrogens with one attached hydrogen (secondary N) is 1. The van der Waals surface area contributed by atoms with Gasteiger partial charge in [0.2, 0.25) is 5.91 Å². The lowest BCUT2D eigenvalue weighted by Gasteiger charge is -2.22. The van der Waals surface area contributed by atoms with E-state index in [9.17, 15) is 13.2 Å². The normalized spacial score (nSPS) is 19.4. The van der Waals surface area contributed by atoms with Gasteiger partial charge in [-0.05, 0) is 25.0 Å². The minimum absolute atomic E-state index is 0.159. The summed E-state index contributed by atoms with van der Waals surface area (Å²) in [7, 11) is -3.70. The number of amides is 1. The first-order valence-corrected chi connectivity index (χ1v) is 9.97. The van der Waals surface area contributed by atoms with E-state index < -0.39 is 16.1 Å². The van der Waals surface area contributed by atoms with Gasteiger partial charge in [-0.25, -0.2) is 13.4 Å². The van der Waals surface area contributed by atoms with Crippen molar-refractivity contribution in [2.24, 2.45) is 0 Å². The molecule has 10 heteroatoms. The lowest BCUT2D eigenvalue weighted by Crippen LogP contribution is -2.42. The second-order valence-electron chi connectivity index (χ2n) is 4.66. The van der Waals surface area contributed by atoms with Crippen molar-refractivity contribution in [1.82, 2.24) is 9.29 Å². The number of hydrogen-bond acceptors (Lipinski definition) is 6. The Kier molecular flexibility index (Phi) is 4.51. The third-order valence-corrected chi connectivity index (χ3v) is 7.58. The minimum atomic E-state index is -3.70. The van der Waals surface area contributed by atoms with Gasteiger partial charge >= 0.3 is 0 Å². The van der Waals surface area contributed by atoms with Gasteiger partial charge in [-0.3, -0.25) is 4.79 Å². The molecule has 1 aliphatic heterocycles. The van der Waals surface area contributed by atoms with E-state index in [1.807, 2.05) is 0 Å². The van der Waals surface area contributed by atoms with Crippen molar-refractivity contribution < 1.29 is 13.2 Å². The number of carbonyl (C=O) groups excluding carboxylic acids is 1. The Morgan fingerprint density at radius 2 is 2.27 bits per heavy atom. The summed E-state index contributed by atoms with van der Waals surface area (Å²) in [5, 5.41) is 4.87. The van der Waals surface area contributed by atoms with Gasteiger partial charge in [-0.15, -0.1) is 22.7 Å². The largest absolute Gasteiger partial charge is 0.301 e. The molecular formula is C12H12ClN3O3S3. The molecule has 2 aromatic rings. The van der Waals surface area contributed by atoms with Crippen molar-refractivity contribution >= 4 is 55.3 Å². The molecule has 118 valence electrons. The SMILES string of the molecule is O=C(Nc1nccs1)[C@@H]1CCCN1S(=O)(=O)c1ccc(Cl)s1. The van der Waals surface area contributed by atoms with Gasteiger partial charge < -0.3 is 5.32 Å². The minimum Gasteiger partial charge on any atom is -0.301 e. The molecule has 2 aromatic heterocycles. The van der Waals surface area contributed by atoms with Crippen LogP contribution in [0.25, 0.3) is 0 Å². The van der Waals surface area contributed by atoms with E-state index in [4.69, 9.17) is 11.6 Å². The molecule has 1 N–H and O–H groups in total. The van der Waals surface area contributed by atoms with Crippen LogP contribution in [0.1, 0.15) is 12.8 Å². The molecule has 1 fully saturated rings. The Labute approximate surface area is 140 Å². The van der Waals surface area contributed by atoms with Gasteiger partial charge in [-0.1, -0.05) is 11.6 Å². The zero-order chi connectivity index (χ0) is 15.7. The second kappa shape index (κ2) is 6.25. The van der Waals surface area contributed by atoms with Crippen molar-refractivity contribution in [2.75, 3.05) is 11.9 Å². The molecule has 3 rings (SSSR count). The average molecular weight is 378 g/mol. The first kappa shape index (κ1) is 15.9. The topological polar surface area (TPSA) is 79.4 Å². The predicted molar refractivity (Wildman–Crippen MR) is 87.0 cm³/mol. The summed E-state index contributed by atoms with van der Waals surface area (Å²) in [6.07, 6.45) is 2.72. The highest BCUT2D eigenvalue weighted by Gasteiger charge is 2.40. The van der Waals surface area contributed by atoms with Crippen LogP contribution in [0.4, 0.5) is 5.13 Å². The van der Waals surface area contributed by atoms with Crippen molar-refractivity contribution in [2.45, 2.75) is 23.1 Å². The molecule has 0 radical (unpaired) electrons. The van der Waals surface area contributed by atoms with E-state index in [0.717, 1.165) is 11.3 Å². The Hall–Kier alpha value is -1.000. The van der Waals surface area contributed by atoms with Crippen LogP contribution >= 0.6 is 34.3 Å². The lowest BCUT2D eigenvalue weighted by molar-refractivity contribution is -0.119. The van der Waals surface area contributed by atoms with Gasteiger partial charge in [0.1, 0.15) is 10.3 Å². The highest BCUT2D eigenvalue weighted by Crippen LogP contribution is 2.32. The summed E-state index contributed by atoms with van der Waals surface area (Å²) < 4.78 is 27.1. The van der Waals surface area contributed by atoms with Gasteiger partial charge in [0.25, 0.3) is 10.0 Å². The first-order valence-electron chi connectivity index (χ1n) is 6.46. The summed E-state index contributed by atoms with van der Waals surface area (Å²) in [6, 6.07) is 2.30. The second-order valence-corrected chi connectivity index (χ2v) is 9.39. The zero-order valence-electron chi connectivity index (χ0n) is 11.2. The number of anilines is 1. The number of carbonyl (C=O) groups is 1. The maximum absolute atomic E-state index is 12.6. The number of nitrogens with zero attached hydrogens (tertiary/aromatic N) is 2. The van der Waals surface area contributed by atoms with Crippen molar-refractivity contribution in [3.63, 3.8) is 0 Å². The fourth-order valence-corrected chi connectivity index (χ4v) is 6.12. The summed E-state index contributed by atoms with van der Waals surface area (Å²) in [5.41, 5.74) is 0. The number of sulfonamides is 1. The number of rotatable bonds is 4. The third kappa shape index (κ3) is 3.04. The number of thiophene rings is 1. The Morgan fingerprint density at radius 1 is 1.45 bits per heavy atom. The van der Waals surface area contributed by atoms with Crippen LogP contribution in [-0.4, -0.2) is 36.2 Å². The summed E-state index contributed by atoms with van der Waals surface area (Å²) in [6.45, 7) is 0.327. The van der Waals surface area contributed by atoms with Crippen LogP contribution < -0.4 is 5.32 Å². The van der Waals surface area contributed by atoms with E-state index in [-0.39, 0.29) is 10.1 Å². The number of halogens is 1. The van der Waals surface area contributed by atoms with Crippen LogP contribution in [0.15, 0.2) is 27.9 Å². The summed E-state index contributed by atoms with van der Waals surface area (Å²) in [4.78, 5) is 16.3. The zero-order valence-corrected chi connectivity index (χ0v) is 14.4. The Bertz CT molecular complexity index is 773. The lowest BCUT2D eigenvalue weighted by atomic mass is 10.2. The highest BCUT2D eigenvalue weighted by molar-refractivity contribution is 7.91. The first-order chi connectivity index (χ1) is 10.5. The maximum atomic E-state index is 12.6. The van der Waals surface area contributed by atoms with E-state index in [0.29, 0.717) is 28.9 Å². The van der Waals surface area contributed by atoms with E-state index in [2.05, 4.69) is 10.3 Å². The molecule has 1 saturated heterocycles. The highest BCUT2D eigenvalue weighted by atomic mass is 35.5. The van der Waals surface area contributed by atoms with Gasteiger partial charge in [0.05, 0.1) is 4.34 Å². The fraction of sp³-hybridized carbons (Fsp3) is 0.333. The predicted octanol–water partition coefficient (Wildman–Crippen LogP) is 2.65. The van der Waals surface area contributed by atoms with E-state index in [1.54, 1.807) is 17.6 Å². The molecule has 0 aromatic carbocycles. The van der Waals surface area contributed by atoms with E-state index in [1.165, 1.54) is 21.7 Å². The molecule has 0 unspecified atom stereocenters. The number of thiazole rings is 1. The summed E-state index contributed by atoms with van der Waals surface area (Å²) >= 11 is 8.10. The van der Waals surface area contributed by atoms with Crippen molar-refractivity contribution in [1.29, 1.82) is 0 Å². The van der Waals surface area contributed by atoms with Gasteiger partial charge in [0, 0.05) is 18.1 Å². The number of hydrogen-bond donors (Lipinski definition) is 1. The molecule has 1 amide bonds. The van der Waals surface area contributed by atoms with Crippen molar-refractivity contribution in [3.8, 4) is 0 Å². The molecule has 22 heavy (non-hydrogen) atoms. The van der Waals surface area contributed by atoms with E-state index >= 15 is 0 Å². The molecule has 1 aliphatic rings. The Morgan fingerprint density at radius 3 is 2.91 bits per heavy atom. The summed E-state index contributed by atoms with van der Waals surface area (Å²) in [5.74, 6) is -0.348. The molecular weight excluding hydrogens is 366 g/mol. The smallest absolute Gasteiger partial charge is 0.253 e. The molecule has 0 bridgehead atoms. The van der Waals surface area contributed by atoms with Crippen LogP contribution in [0.2, 0.25) is 4.34 Å². The molecule has 3 heterocycles. The fourth-order valence-electron chi connectivity index (χ4n) is 2.32. The van der Waals surface area contributed by atoms with Crippen LogP contribution in [0.3, 0.4) is 0 Å². The molecule has 0 spiro atoms. The number of aromatic nitrogens is 1. The third-order valence-electron chi connectivity index (χ3n) is 3.28. The van der Waals surface area contributed by atoms with Crippen LogP contribution in [0.5, 0.6) is 0 Å². The van der Waals surface area contributed by atoms with Gasteiger partial charge in [-0.2, -0.15) is 4.31 Å². The molecule has 6 nitrogen and oxygen atoms in total. The maximum Gasteiger partial charge on any atom is 0.253 e. The van der Waals surface area contributed by atoms with Crippen LogP contribution in [-0.2, 0) is 14.8 Å². The molecule has 0 saturated carbocycles. The monoisotopic (exact) mass is 377 g/mol. The standard InChI is InChI=1S/C12H12ClN3O3S3/c13-9-3-4-10(21-9)22(18,19)16-6-1-2-8(16)11(17)15-12-14-5-7-20-12/h3-5,7-8H,1-2,6H2,(H,14,15,17)/t8-/m0/s1. The quantitative estimate of drug-likeness (QED) is 0.888. The molecule has 1 atom stereocenters. The van der Waals surface area contributed by atoms with Crippen molar-refractivity contribution in [3.05, 3.63) is 28.0 Å². The molecule has 0 aliphatic carbocycles. The van der Waals surface area contributed by atoms with Crippen LogP contribution in [0, 0.1) is 0 Å². The average Bonchev–Trinajstić information content (AvgIpc) is 3.18. The Balaban J connectivity index is 1.82.